The van der Waals surface area contributed by atoms with Crippen LogP contribution in [0.4, 0.5) is 4.39 Å². The standard InChI is InChI=1S/C14H11ClFN3O/c1-19-11(3-8-4-13(15)17-7-12(8)19)10-5-9(16)6-18-14(10)20-2/h3-7H,1-2H3/i1D3,2D3. The quantitative estimate of drug-likeness (QED) is 0.680. The second-order valence-corrected chi connectivity index (χ2v) is 4.43. The number of pyridine rings is 2. The zero-order valence-corrected chi connectivity index (χ0v) is 10.6. The van der Waals surface area contributed by atoms with Gasteiger partial charge in [-0.1, -0.05) is 11.6 Å². The number of methoxy groups -OCH3 is 1. The lowest BCUT2D eigenvalue weighted by Gasteiger charge is -2.08. The maximum Gasteiger partial charge on any atom is 0.222 e. The van der Waals surface area contributed by atoms with Crippen LogP contribution in [-0.4, -0.2) is 21.6 Å². The van der Waals surface area contributed by atoms with E-state index < -0.39 is 25.7 Å². The van der Waals surface area contributed by atoms with Crippen molar-refractivity contribution in [2.75, 3.05) is 7.04 Å². The maximum absolute atomic E-state index is 13.8. The van der Waals surface area contributed by atoms with Gasteiger partial charge in [-0.15, -0.1) is 0 Å². The SMILES string of the molecule is [2H]C([2H])([2H])Oc1ncc(F)cc1-c1cc2cc(Cl)ncc2n1C([2H])([2H])[2H]. The normalized spacial score (nSPS) is 16.7. The highest BCUT2D eigenvalue weighted by Crippen LogP contribution is 2.33. The van der Waals surface area contributed by atoms with E-state index in [1.165, 1.54) is 18.3 Å². The Hall–Kier alpha value is -2.14. The third kappa shape index (κ3) is 2.00. The highest BCUT2D eigenvalue weighted by Gasteiger charge is 2.14. The molecule has 0 radical (unpaired) electrons. The molecule has 4 nitrogen and oxygen atoms in total. The molecule has 3 aromatic heterocycles. The summed E-state index contributed by atoms with van der Waals surface area (Å²) in [6.45, 7) is -2.66. The van der Waals surface area contributed by atoms with Gasteiger partial charge in [0, 0.05) is 16.5 Å². The molecule has 0 saturated heterocycles. The Balaban J connectivity index is 2.33. The fourth-order valence-corrected chi connectivity index (χ4v) is 2.14. The minimum absolute atomic E-state index is 0.00434. The smallest absolute Gasteiger partial charge is 0.222 e. The molecular weight excluding hydrogens is 281 g/mol. The van der Waals surface area contributed by atoms with Gasteiger partial charge in [-0.05, 0) is 18.2 Å². The van der Waals surface area contributed by atoms with Crippen molar-refractivity contribution in [3.05, 3.63) is 41.6 Å². The van der Waals surface area contributed by atoms with Crippen molar-refractivity contribution in [1.82, 2.24) is 14.5 Å². The van der Waals surface area contributed by atoms with Crippen molar-refractivity contribution in [2.24, 2.45) is 6.98 Å². The van der Waals surface area contributed by atoms with Gasteiger partial charge in [0.2, 0.25) is 5.88 Å². The van der Waals surface area contributed by atoms with Crippen molar-refractivity contribution in [3.63, 3.8) is 0 Å². The Labute approximate surface area is 128 Å². The van der Waals surface area contributed by atoms with Gasteiger partial charge in [-0.3, -0.25) is 0 Å². The van der Waals surface area contributed by atoms with Crippen LogP contribution in [0.15, 0.2) is 30.6 Å². The molecular formula is C14H11ClFN3O. The second kappa shape index (κ2) is 4.76. The molecule has 0 atom stereocenters. The van der Waals surface area contributed by atoms with Crippen molar-refractivity contribution in [1.29, 1.82) is 0 Å². The molecule has 0 bridgehead atoms. The number of hydrogen-bond acceptors (Lipinski definition) is 3. The predicted molar refractivity (Wildman–Crippen MR) is 75.5 cm³/mol. The van der Waals surface area contributed by atoms with Gasteiger partial charge in [0.05, 0.1) is 40.3 Å². The van der Waals surface area contributed by atoms with Gasteiger partial charge >= 0.3 is 0 Å². The van der Waals surface area contributed by atoms with Gasteiger partial charge < -0.3 is 9.30 Å². The van der Waals surface area contributed by atoms with Crippen LogP contribution < -0.4 is 4.74 Å². The van der Waals surface area contributed by atoms with Gasteiger partial charge in [0.1, 0.15) is 11.0 Å². The van der Waals surface area contributed by atoms with E-state index in [-0.39, 0.29) is 21.9 Å². The summed E-state index contributed by atoms with van der Waals surface area (Å²) in [6, 6.07) is 3.83. The first-order valence-corrected chi connectivity index (χ1v) is 5.86. The van der Waals surface area contributed by atoms with E-state index in [0.717, 1.165) is 16.8 Å². The monoisotopic (exact) mass is 297 g/mol. The van der Waals surface area contributed by atoms with Crippen molar-refractivity contribution < 1.29 is 17.4 Å². The molecule has 3 heterocycles. The minimum Gasteiger partial charge on any atom is -0.481 e. The Bertz CT molecular complexity index is 985. The van der Waals surface area contributed by atoms with Gasteiger partial charge in [-0.25, -0.2) is 14.4 Å². The second-order valence-electron chi connectivity index (χ2n) is 4.04. The minimum atomic E-state index is -2.85. The summed E-state index contributed by atoms with van der Waals surface area (Å²) in [4.78, 5) is 7.53. The van der Waals surface area contributed by atoms with Crippen LogP contribution in [0, 0.1) is 5.82 Å². The number of aryl methyl sites for hydroxylation is 1. The Morgan fingerprint density at radius 2 is 2.20 bits per heavy atom. The average molecular weight is 298 g/mol. The Kier molecular flexibility index (Phi) is 1.81. The number of halogens is 2. The summed E-state index contributed by atoms with van der Waals surface area (Å²) in [5, 5.41) is 0.572. The third-order valence-corrected chi connectivity index (χ3v) is 3.05. The molecule has 0 aromatic carbocycles. The molecule has 102 valence electrons. The molecule has 0 aliphatic heterocycles. The van der Waals surface area contributed by atoms with Crippen LogP contribution >= 0.6 is 11.6 Å². The summed E-state index contributed by atoms with van der Waals surface area (Å²) < 4.78 is 64.6. The van der Waals surface area contributed by atoms with Crippen molar-refractivity contribution in [2.45, 2.75) is 0 Å². The fourth-order valence-electron chi connectivity index (χ4n) is 1.97. The zero-order valence-electron chi connectivity index (χ0n) is 15.9. The van der Waals surface area contributed by atoms with E-state index in [9.17, 15) is 4.39 Å². The Morgan fingerprint density at radius 1 is 1.30 bits per heavy atom. The number of rotatable bonds is 2. The molecule has 0 saturated carbocycles. The molecule has 0 spiro atoms. The predicted octanol–water partition coefficient (Wildman–Crippen LogP) is 3.44. The highest BCUT2D eigenvalue weighted by molar-refractivity contribution is 6.30. The fraction of sp³-hybridized carbons (Fsp3) is 0.143. The molecule has 0 fully saturated rings. The first kappa shape index (κ1) is 7.59. The topological polar surface area (TPSA) is 39.9 Å². The lowest BCUT2D eigenvalue weighted by molar-refractivity contribution is 0.397. The number of aromatic nitrogens is 3. The van der Waals surface area contributed by atoms with E-state index >= 15 is 0 Å². The molecule has 0 amide bonds. The van der Waals surface area contributed by atoms with Crippen LogP contribution in [0.5, 0.6) is 5.88 Å². The largest absolute Gasteiger partial charge is 0.481 e. The number of ether oxygens (including phenoxy) is 1. The molecule has 3 rings (SSSR count). The first-order valence-electron chi connectivity index (χ1n) is 8.48. The van der Waals surface area contributed by atoms with Crippen molar-refractivity contribution >= 4 is 22.5 Å². The van der Waals surface area contributed by atoms with Crippen LogP contribution in [-0.2, 0) is 6.98 Å². The summed E-state index contributed by atoms with van der Waals surface area (Å²) in [5.41, 5.74) is 0.0911. The number of hydrogen-bond donors (Lipinski definition) is 0. The van der Waals surface area contributed by atoms with Crippen LogP contribution in [0.1, 0.15) is 8.22 Å². The average Bonchev–Trinajstić information content (AvgIpc) is 2.86. The lowest BCUT2D eigenvalue weighted by Crippen LogP contribution is -1.97. The van der Waals surface area contributed by atoms with Crippen LogP contribution in [0.3, 0.4) is 0 Å². The summed E-state index contributed by atoms with van der Waals surface area (Å²) in [7, 11) is -2.85. The van der Waals surface area contributed by atoms with Gasteiger partial charge in [0.15, 0.2) is 0 Å². The highest BCUT2D eigenvalue weighted by atomic mass is 35.5. The molecule has 6 heteroatoms. The molecule has 0 aliphatic rings. The molecule has 0 aliphatic carbocycles. The third-order valence-electron chi connectivity index (χ3n) is 2.84. The van der Waals surface area contributed by atoms with Crippen LogP contribution in [0.25, 0.3) is 22.2 Å². The zero-order chi connectivity index (χ0) is 19.3. The summed E-state index contributed by atoms with van der Waals surface area (Å²) in [5.74, 6) is -1.20. The van der Waals surface area contributed by atoms with E-state index in [0.29, 0.717) is 5.39 Å². The molecule has 20 heavy (non-hydrogen) atoms. The van der Waals surface area contributed by atoms with Crippen LogP contribution in [0.2, 0.25) is 5.15 Å². The molecule has 0 N–H and O–H groups in total. The number of nitrogens with zero attached hydrogens (tertiary/aromatic N) is 3. The summed E-state index contributed by atoms with van der Waals surface area (Å²) in [6.07, 6.45) is 2.05. The number of fused-ring (bicyclic) bond motifs is 1. The summed E-state index contributed by atoms with van der Waals surface area (Å²) >= 11 is 5.85. The maximum atomic E-state index is 13.8. The Morgan fingerprint density at radius 3 is 3.00 bits per heavy atom. The van der Waals surface area contributed by atoms with E-state index in [4.69, 9.17) is 24.6 Å². The van der Waals surface area contributed by atoms with Gasteiger partial charge in [-0.2, -0.15) is 0 Å². The van der Waals surface area contributed by atoms with E-state index in [1.807, 2.05) is 0 Å². The van der Waals surface area contributed by atoms with E-state index in [2.05, 4.69) is 9.97 Å². The van der Waals surface area contributed by atoms with E-state index in [1.54, 1.807) is 0 Å². The lowest BCUT2D eigenvalue weighted by atomic mass is 10.2. The molecule has 0 unspecified atom stereocenters. The van der Waals surface area contributed by atoms with Crippen molar-refractivity contribution in [3.8, 4) is 17.1 Å². The molecule has 3 aromatic rings. The van der Waals surface area contributed by atoms with Gasteiger partial charge in [0.25, 0.3) is 0 Å². The first-order chi connectivity index (χ1) is 12.0.